The number of sulfonamides is 1. The number of methoxy groups -OCH3 is 1. The van der Waals surface area contributed by atoms with Crippen molar-refractivity contribution in [2.75, 3.05) is 25.6 Å². The Hall–Kier alpha value is -1.97. The van der Waals surface area contributed by atoms with Gasteiger partial charge in [-0.3, -0.25) is 9.59 Å². The predicted molar refractivity (Wildman–Crippen MR) is 102 cm³/mol. The summed E-state index contributed by atoms with van der Waals surface area (Å²) in [6.45, 7) is 1.75. The number of nitrogens with one attached hydrogen (secondary N) is 3. The van der Waals surface area contributed by atoms with Gasteiger partial charge in [0.2, 0.25) is 21.8 Å². The van der Waals surface area contributed by atoms with Gasteiger partial charge in [-0.1, -0.05) is 6.42 Å². The van der Waals surface area contributed by atoms with Gasteiger partial charge in [0.25, 0.3) is 0 Å². The molecular formula is C18H27N3O5S. The highest BCUT2D eigenvalue weighted by molar-refractivity contribution is 7.89. The van der Waals surface area contributed by atoms with Crippen molar-refractivity contribution in [3.8, 4) is 0 Å². The van der Waals surface area contributed by atoms with Crippen molar-refractivity contribution < 1.29 is 22.7 Å². The van der Waals surface area contributed by atoms with Crippen LogP contribution in [0.15, 0.2) is 29.2 Å². The third-order valence-electron chi connectivity index (χ3n) is 4.47. The first-order chi connectivity index (χ1) is 12.8. The van der Waals surface area contributed by atoms with E-state index in [1.807, 2.05) is 0 Å². The van der Waals surface area contributed by atoms with E-state index < -0.39 is 10.0 Å². The molecule has 1 fully saturated rings. The first kappa shape index (κ1) is 21.3. The van der Waals surface area contributed by atoms with E-state index >= 15 is 0 Å². The predicted octanol–water partition coefficient (Wildman–Crippen LogP) is 1.24. The Balaban J connectivity index is 1.88. The molecule has 0 saturated heterocycles. The highest BCUT2D eigenvalue weighted by Crippen LogP contribution is 2.24. The van der Waals surface area contributed by atoms with Gasteiger partial charge in [0, 0.05) is 32.3 Å². The van der Waals surface area contributed by atoms with Crippen molar-refractivity contribution in [3.63, 3.8) is 0 Å². The Morgan fingerprint density at radius 3 is 2.52 bits per heavy atom. The molecule has 27 heavy (non-hydrogen) atoms. The van der Waals surface area contributed by atoms with Crippen LogP contribution in [0.2, 0.25) is 0 Å². The van der Waals surface area contributed by atoms with Crippen molar-refractivity contribution >= 4 is 27.5 Å². The van der Waals surface area contributed by atoms with E-state index in [-0.39, 0.29) is 35.3 Å². The van der Waals surface area contributed by atoms with E-state index in [2.05, 4.69) is 15.4 Å². The summed E-state index contributed by atoms with van der Waals surface area (Å²) in [4.78, 5) is 22.8. The highest BCUT2D eigenvalue weighted by atomic mass is 32.2. The molecule has 8 nitrogen and oxygen atoms in total. The first-order valence-corrected chi connectivity index (χ1v) is 10.4. The van der Waals surface area contributed by atoms with Crippen LogP contribution in [0.4, 0.5) is 5.69 Å². The van der Waals surface area contributed by atoms with E-state index in [4.69, 9.17) is 4.74 Å². The summed E-state index contributed by atoms with van der Waals surface area (Å²) in [5.41, 5.74) is 0.545. The maximum atomic E-state index is 12.5. The molecule has 1 saturated carbocycles. The van der Waals surface area contributed by atoms with Crippen LogP contribution in [-0.4, -0.2) is 46.5 Å². The van der Waals surface area contributed by atoms with Crippen LogP contribution < -0.4 is 15.4 Å². The Morgan fingerprint density at radius 1 is 1.19 bits per heavy atom. The van der Waals surface area contributed by atoms with Gasteiger partial charge in [0.1, 0.15) is 6.61 Å². The number of amides is 2. The Bertz CT molecular complexity index is 749. The zero-order valence-electron chi connectivity index (χ0n) is 15.7. The van der Waals surface area contributed by atoms with Crippen molar-refractivity contribution in [1.29, 1.82) is 0 Å². The number of anilines is 1. The van der Waals surface area contributed by atoms with E-state index in [0.29, 0.717) is 12.2 Å². The summed E-state index contributed by atoms with van der Waals surface area (Å²) in [6, 6.07) is 6.08. The second-order valence-electron chi connectivity index (χ2n) is 6.79. The Kier molecular flexibility index (Phi) is 7.76. The van der Waals surface area contributed by atoms with Gasteiger partial charge < -0.3 is 15.4 Å². The summed E-state index contributed by atoms with van der Waals surface area (Å²) in [7, 11) is -2.15. The standard InChI is InChI=1S/C18H27N3O5S/c1-13(22)20-15-6-8-17(9-7-15)27(24,25)19-11-14-4-3-5-16(10-14)21-18(23)12-26-2/h6-9,14,16,19H,3-5,10-12H2,1-2H3,(H,20,22)(H,21,23)/t14-,16+/m1/s1. The Morgan fingerprint density at radius 2 is 1.89 bits per heavy atom. The molecule has 3 N–H and O–H groups in total. The summed E-state index contributed by atoms with van der Waals surface area (Å²) in [5, 5.41) is 5.52. The smallest absolute Gasteiger partial charge is 0.246 e. The lowest BCUT2D eigenvalue weighted by molar-refractivity contribution is -0.125. The molecule has 0 heterocycles. The van der Waals surface area contributed by atoms with Crippen LogP contribution >= 0.6 is 0 Å². The summed E-state index contributed by atoms with van der Waals surface area (Å²) in [5.74, 6) is -0.198. The normalized spacial score (nSPS) is 20.1. The van der Waals surface area contributed by atoms with E-state index in [1.54, 1.807) is 12.1 Å². The van der Waals surface area contributed by atoms with Crippen LogP contribution in [0.5, 0.6) is 0 Å². The number of carbonyl (C=O) groups is 2. The number of ether oxygens (including phenoxy) is 1. The lowest BCUT2D eigenvalue weighted by atomic mass is 9.86. The maximum Gasteiger partial charge on any atom is 0.246 e. The molecule has 0 aromatic heterocycles. The molecule has 9 heteroatoms. The molecule has 1 aromatic carbocycles. The third kappa shape index (κ3) is 6.93. The summed E-state index contributed by atoms with van der Waals surface area (Å²) < 4.78 is 32.4. The van der Waals surface area contributed by atoms with Crippen molar-refractivity contribution in [2.24, 2.45) is 5.92 Å². The number of rotatable bonds is 8. The molecular weight excluding hydrogens is 370 g/mol. The van der Waals surface area contributed by atoms with Crippen molar-refractivity contribution in [1.82, 2.24) is 10.0 Å². The minimum Gasteiger partial charge on any atom is -0.375 e. The van der Waals surface area contributed by atoms with Gasteiger partial charge in [-0.2, -0.15) is 0 Å². The SMILES string of the molecule is COCC(=O)N[C@H]1CCC[C@@H](CNS(=O)(=O)c2ccc(NC(C)=O)cc2)C1. The fraction of sp³-hybridized carbons (Fsp3) is 0.556. The lowest BCUT2D eigenvalue weighted by Gasteiger charge is -2.29. The molecule has 0 aliphatic heterocycles. The fourth-order valence-corrected chi connectivity index (χ4v) is 4.36. The fourth-order valence-electron chi connectivity index (χ4n) is 3.24. The van der Waals surface area contributed by atoms with Gasteiger partial charge in [0.15, 0.2) is 0 Å². The van der Waals surface area contributed by atoms with Crippen LogP contribution in [0.1, 0.15) is 32.6 Å². The average Bonchev–Trinajstić information content (AvgIpc) is 2.60. The number of hydrogen-bond donors (Lipinski definition) is 3. The van der Waals surface area contributed by atoms with Gasteiger partial charge in [-0.25, -0.2) is 13.1 Å². The van der Waals surface area contributed by atoms with Gasteiger partial charge in [-0.15, -0.1) is 0 Å². The lowest BCUT2D eigenvalue weighted by Crippen LogP contribution is -2.42. The van der Waals surface area contributed by atoms with Crippen LogP contribution in [-0.2, 0) is 24.3 Å². The van der Waals surface area contributed by atoms with Crippen molar-refractivity contribution in [2.45, 2.75) is 43.5 Å². The van der Waals surface area contributed by atoms with E-state index in [9.17, 15) is 18.0 Å². The number of carbonyl (C=O) groups excluding carboxylic acids is 2. The molecule has 2 atom stereocenters. The molecule has 2 rings (SSSR count). The minimum absolute atomic E-state index is 0.0300. The van der Waals surface area contributed by atoms with E-state index in [0.717, 1.165) is 25.7 Å². The number of hydrogen-bond acceptors (Lipinski definition) is 5. The molecule has 0 radical (unpaired) electrons. The van der Waals surface area contributed by atoms with Crippen molar-refractivity contribution in [3.05, 3.63) is 24.3 Å². The van der Waals surface area contributed by atoms with Crippen LogP contribution in [0, 0.1) is 5.92 Å². The zero-order chi connectivity index (χ0) is 19.9. The first-order valence-electron chi connectivity index (χ1n) is 8.96. The molecule has 0 bridgehead atoms. The monoisotopic (exact) mass is 397 g/mol. The highest BCUT2D eigenvalue weighted by Gasteiger charge is 2.25. The summed E-state index contributed by atoms with van der Waals surface area (Å²) in [6.07, 6.45) is 3.49. The van der Waals surface area contributed by atoms with Crippen LogP contribution in [0.3, 0.4) is 0 Å². The van der Waals surface area contributed by atoms with Gasteiger partial charge in [0.05, 0.1) is 4.90 Å². The molecule has 0 unspecified atom stereocenters. The molecule has 0 spiro atoms. The molecule has 1 aromatic rings. The van der Waals surface area contributed by atoms with Gasteiger partial charge >= 0.3 is 0 Å². The second kappa shape index (κ2) is 9.82. The topological polar surface area (TPSA) is 114 Å². The molecule has 150 valence electrons. The molecule has 1 aliphatic rings. The zero-order valence-corrected chi connectivity index (χ0v) is 16.5. The summed E-state index contributed by atoms with van der Waals surface area (Å²) >= 11 is 0. The minimum atomic E-state index is -3.62. The quantitative estimate of drug-likeness (QED) is 0.611. The van der Waals surface area contributed by atoms with Crippen LogP contribution in [0.25, 0.3) is 0 Å². The average molecular weight is 397 g/mol. The number of benzene rings is 1. The largest absolute Gasteiger partial charge is 0.375 e. The van der Waals surface area contributed by atoms with Gasteiger partial charge in [-0.05, 0) is 49.4 Å². The Labute approximate surface area is 160 Å². The maximum absolute atomic E-state index is 12.5. The molecule has 1 aliphatic carbocycles. The molecule has 2 amide bonds. The second-order valence-corrected chi connectivity index (χ2v) is 8.55. The third-order valence-corrected chi connectivity index (χ3v) is 5.91. The van der Waals surface area contributed by atoms with E-state index in [1.165, 1.54) is 26.2 Å².